The highest BCUT2D eigenvalue weighted by Gasteiger charge is 2.63. The Morgan fingerprint density at radius 1 is 1.08 bits per heavy atom. The molecule has 0 aliphatic carbocycles. The van der Waals surface area contributed by atoms with Gasteiger partial charge in [-0.15, -0.1) is 11.3 Å². The number of aromatic nitrogens is 1. The number of imide groups is 2. The zero-order chi connectivity index (χ0) is 26.0. The van der Waals surface area contributed by atoms with Gasteiger partial charge < -0.3 is 0 Å². The van der Waals surface area contributed by atoms with Gasteiger partial charge in [0.15, 0.2) is 5.41 Å². The van der Waals surface area contributed by atoms with E-state index in [9.17, 15) is 32.3 Å². The number of fused-ring (bicyclic) bond motifs is 3. The van der Waals surface area contributed by atoms with Crippen LogP contribution in [-0.4, -0.2) is 44.2 Å². The predicted molar refractivity (Wildman–Crippen MR) is 123 cm³/mol. The number of benzene rings is 2. The number of nitrogens with zero attached hydrogens (tertiary/aromatic N) is 4. The summed E-state index contributed by atoms with van der Waals surface area (Å²) in [5, 5.41) is 4.84. The van der Waals surface area contributed by atoms with Crippen LogP contribution < -0.4 is 0 Å². The summed E-state index contributed by atoms with van der Waals surface area (Å²) >= 11 is 1.03. The Balaban J connectivity index is 1.58. The van der Waals surface area contributed by atoms with E-state index < -0.39 is 47.2 Å². The van der Waals surface area contributed by atoms with Crippen LogP contribution in [0.5, 0.6) is 0 Å². The van der Waals surface area contributed by atoms with E-state index in [-0.39, 0.29) is 28.2 Å². The molecule has 8 nitrogen and oxygen atoms in total. The van der Waals surface area contributed by atoms with E-state index in [1.807, 2.05) is 0 Å². The first-order valence-corrected chi connectivity index (χ1v) is 11.6. The van der Waals surface area contributed by atoms with Gasteiger partial charge in [-0.3, -0.25) is 24.1 Å². The summed E-state index contributed by atoms with van der Waals surface area (Å²) in [5.41, 5.74) is -2.14. The minimum atomic E-state index is -4.55. The SMILES string of the molecule is CC(C)=NN1C(=O)C[C@@]2(C(=O)N(Cc3nc4cc(C(F)(F)F)ccc4s3)C(=O)c3ccccc32)C1=O. The number of rotatable bonds is 3. The van der Waals surface area contributed by atoms with Crippen molar-refractivity contribution in [3.63, 3.8) is 0 Å². The van der Waals surface area contributed by atoms with Gasteiger partial charge in [0.25, 0.3) is 23.6 Å². The summed E-state index contributed by atoms with van der Waals surface area (Å²) in [6, 6.07) is 9.17. The highest BCUT2D eigenvalue weighted by Crippen LogP contribution is 2.44. The van der Waals surface area contributed by atoms with Gasteiger partial charge >= 0.3 is 6.18 Å². The molecule has 2 aliphatic heterocycles. The Labute approximate surface area is 206 Å². The van der Waals surface area contributed by atoms with Crippen LogP contribution >= 0.6 is 11.3 Å². The van der Waals surface area contributed by atoms with Crippen molar-refractivity contribution in [1.29, 1.82) is 0 Å². The molecule has 0 saturated carbocycles. The van der Waals surface area contributed by atoms with E-state index in [0.717, 1.165) is 28.4 Å². The first-order chi connectivity index (χ1) is 16.9. The lowest BCUT2D eigenvalue weighted by molar-refractivity contribution is -0.146. The third-order valence-corrected chi connectivity index (χ3v) is 7.06. The van der Waals surface area contributed by atoms with Crippen molar-refractivity contribution in [1.82, 2.24) is 14.9 Å². The average molecular weight is 514 g/mol. The lowest BCUT2D eigenvalue weighted by Crippen LogP contribution is -2.57. The number of amides is 4. The summed E-state index contributed by atoms with van der Waals surface area (Å²) in [6.07, 6.45) is -5.05. The largest absolute Gasteiger partial charge is 0.416 e. The minimum absolute atomic E-state index is 0.0721. The van der Waals surface area contributed by atoms with Gasteiger partial charge in [-0.25, -0.2) is 4.98 Å². The minimum Gasteiger partial charge on any atom is -0.273 e. The number of hydrogen-bond acceptors (Lipinski definition) is 7. The molecule has 0 bridgehead atoms. The Hall–Kier alpha value is -3.93. The van der Waals surface area contributed by atoms with Gasteiger partial charge in [-0.1, -0.05) is 18.2 Å². The summed E-state index contributed by atoms with van der Waals surface area (Å²) in [4.78, 5) is 58.4. The molecule has 12 heteroatoms. The molecule has 0 unspecified atom stereocenters. The third kappa shape index (κ3) is 3.51. The van der Waals surface area contributed by atoms with E-state index in [0.29, 0.717) is 15.4 Å². The lowest BCUT2D eigenvalue weighted by atomic mass is 9.72. The van der Waals surface area contributed by atoms with Gasteiger partial charge in [-0.05, 0) is 43.7 Å². The normalized spacial score (nSPS) is 20.0. The summed E-state index contributed by atoms with van der Waals surface area (Å²) in [5.74, 6) is -3.13. The van der Waals surface area contributed by atoms with E-state index >= 15 is 0 Å². The summed E-state index contributed by atoms with van der Waals surface area (Å²) in [6.45, 7) is 2.82. The molecule has 1 saturated heterocycles. The zero-order valence-corrected chi connectivity index (χ0v) is 19.7. The van der Waals surface area contributed by atoms with Crippen molar-refractivity contribution >= 4 is 50.9 Å². The second-order valence-electron chi connectivity index (χ2n) is 8.67. The molecule has 36 heavy (non-hydrogen) atoms. The number of halogens is 3. The van der Waals surface area contributed by atoms with E-state index in [1.165, 1.54) is 18.2 Å². The molecule has 3 aromatic rings. The van der Waals surface area contributed by atoms with Crippen LogP contribution in [0, 0.1) is 0 Å². The molecule has 2 aromatic carbocycles. The fourth-order valence-corrected chi connectivity index (χ4v) is 5.41. The van der Waals surface area contributed by atoms with Crippen LogP contribution in [0.3, 0.4) is 0 Å². The maximum Gasteiger partial charge on any atom is 0.416 e. The molecular formula is C24H17F3N4O4S. The van der Waals surface area contributed by atoms with Crippen molar-refractivity contribution in [2.24, 2.45) is 5.10 Å². The standard InChI is InChI=1S/C24H17F3N4O4S/c1-12(2)29-31-19(32)10-23(22(31)35)15-6-4-3-5-14(15)20(33)30(21(23)34)11-18-28-16-9-13(24(25,26)27)7-8-17(16)36-18/h3-9H,10-11H2,1-2H3/t23-/m1/s1. The summed E-state index contributed by atoms with van der Waals surface area (Å²) < 4.78 is 39.7. The van der Waals surface area contributed by atoms with Gasteiger partial charge in [0.2, 0.25) is 0 Å². The fourth-order valence-electron chi connectivity index (χ4n) is 4.47. The fraction of sp³-hybridized carbons (Fsp3) is 0.250. The molecule has 0 N–H and O–H groups in total. The molecule has 1 spiro atoms. The molecule has 4 amide bonds. The number of thiazole rings is 1. The molecule has 0 radical (unpaired) electrons. The van der Waals surface area contributed by atoms with E-state index in [4.69, 9.17) is 0 Å². The Kier molecular flexibility index (Phi) is 5.32. The Morgan fingerprint density at radius 3 is 2.50 bits per heavy atom. The van der Waals surface area contributed by atoms with Crippen molar-refractivity contribution in [3.05, 3.63) is 64.2 Å². The second-order valence-corrected chi connectivity index (χ2v) is 9.79. The smallest absolute Gasteiger partial charge is 0.273 e. The van der Waals surface area contributed by atoms with Crippen molar-refractivity contribution < 1.29 is 32.3 Å². The highest BCUT2D eigenvalue weighted by atomic mass is 32.1. The third-order valence-electron chi connectivity index (χ3n) is 6.04. The van der Waals surface area contributed by atoms with Gasteiger partial charge in [0.1, 0.15) is 5.01 Å². The van der Waals surface area contributed by atoms with Gasteiger partial charge in [0, 0.05) is 11.3 Å². The maximum atomic E-state index is 13.8. The molecular weight excluding hydrogens is 497 g/mol. The molecule has 5 rings (SSSR count). The van der Waals surface area contributed by atoms with Crippen LogP contribution in [-0.2, 0) is 32.5 Å². The second kappa shape index (κ2) is 8.05. The maximum absolute atomic E-state index is 13.8. The van der Waals surface area contributed by atoms with Crippen molar-refractivity contribution in [3.8, 4) is 0 Å². The summed E-state index contributed by atoms with van der Waals surface area (Å²) in [7, 11) is 0. The lowest BCUT2D eigenvalue weighted by Gasteiger charge is -2.37. The van der Waals surface area contributed by atoms with Crippen LogP contribution in [0.25, 0.3) is 10.2 Å². The number of hydrogen-bond donors (Lipinski definition) is 0. The molecule has 2 aliphatic rings. The average Bonchev–Trinajstić information content (AvgIpc) is 3.33. The van der Waals surface area contributed by atoms with Crippen molar-refractivity contribution in [2.45, 2.75) is 38.4 Å². The number of carbonyl (C=O) groups is 4. The van der Waals surface area contributed by atoms with Gasteiger partial charge in [-0.2, -0.15) is 23.3 Å². The monoisotopic (exact) mass is 514 g/mol. The Morgan fingerprint density at radius 2 is 1.81 bits per heavy atom. The molecule has 3 heterocycles. The highest BCUT2D eigenvalue weighted by molar-refractivity contribution is 7.18. The van der Waals surface area contributed by atoms with E-state index in [2.05, 4.69) is 10.1 Å². The zero-order valence-electron chi connectivity index (χ0n) is 18.9. The molecule has 1 atom stereocenters. The predicted octanol–water partition coefficient (Wildman–Crippen LogP) is 3.89. The number of alkyl halides is 3. The van der Waals surface area contributed by atoms with Crippen LogP contribution in [0.1, 0.15) is 46.8 Å². The first kappa shape index (κ1) is 23.8. The molecule has 1 aromatic heterocycles. The van der Waals surface area contributed by atoms with Gasteiger partial charge in [0.05, 0.1) is 28.7 Å². The Bertz CT molecular complexity index is 1510. The quantitative estimate of drug-likeness (QED) is 0.300. The van der Waals surface area contributed by atoms with Crippen LogP contribution in [0.15, 0.2) is 47.6 Å². The first-order valence-electron chi connectivity index (χ1n) is 10.7. The number of hydrazone groups is 1. The van der Waals surface area contributed by atoms with Crippen molar-refractivity contribution in [2.75, 3.05) is 0 Å². The topological polar surface area (TPSA) is 100 Å². The van der Waals surface area contributed by atoms with E-state index in [1.54, 1.807) is 26.0 Å². The molecule has 184 valence electrons. The molecule has 1 fully saturated rings. The number of carbonyl (C=O) groups excluding carboxylic acids is 4. The van der Waals surface area contributed by atoms with Crippen LogP contribution in [0.2, 0.25) is 0 Å². The van der Waals surface area contributed by atoms with Crippen LogP contribution in [0.4, 0.5) is 13.2 Å².